The predicted octanol–water partition coefficient (Wildman–Crippen LogP) is 1.97. The highest BCUT2D eigenvalue weighted by molar-refractivity contribution is 5.84. The second-order valence-corrected chi connectivity index (χ2v) is 4.74. The van der Waals surface area contributed by atoms with Crippen molar-refractivity contribution in [1.29, 1.82) is 0 Å². The van der Waals surface area contributed by atoms with Gasteiger partial charge < -0.3 is 9.72 Å². The lowest BCUT2D eigenvalue weighted by Crippen LogP contribution is -2.17. The Hall–Kier alpha value is -2.34. The molecule has 0 spiro atoms. The molecule has 21 heavy (non-hydrogen) atoms. The number of carbonyl (C=O) groups excluding carboxylic acids is 1. The van der Waals surface area contributed by atoms with E-state index in [-0.39, 0.29) is 11.5 Å². The van der Waals surface area contributed by atoms with E-state index in [2.05, 4.69) is 4.98 Å². The van der Waals surface area contributed by atoms with Crippen LogP contribution in [0.25, 0.3) is 10.9 Å². The summed E-state index contributed by atoms with van der Waals surface area (Å²) in [5.74, 6) is 0.279. The Balaban J connectivity index is 1.85. The van der Waals surface area contributed by atoms with Crippen molar-refractivity contribution in [1.82, 2.24) is 10.5 Å². The number of ether oxygens (including phenoxy) is 1. The van der Waals surface area contributed by atoms with E-state index in [1.54, 1.807) is 11.5 Å². The van der Waals surface area contributed by atoms with Crippen LogP contribution < -0.4 is 15.8 Å². The van der Waals surface area contributed by atoms with Gasteiger partial charge >= 0.3 is 0 Å². The fraction of sp³-hybridized carbons (Fsp3) is 0.333. The Morgan fingerprint density at radius 3 is 2.86 bits per heavy atom. The van der Waals surface area contributed by atoms with E-state index in [0.717, 1.165) is 18.2 Å². The van der Waals surface area contributed by atoms with Crippen molar-refractivity contribution in [3.05, 3.63) is 40.7 Å². The maximum atomic E-state index is 11.4. The standard InChI is InChI=1S/C15H18N2O4/c18-13-9-8-11-5-4-6-12(15(11)16-13)21-10-3-1-2-7-14(19)17-20/h4-6,8-9,20H,1-3,7,10H2,(H,16,18)(H,17,19). The third-order valence-corrected chi connectivity index (χ3v) is 3.15. The van der Waals surface area contributed by atoms with Gasteiger partial charge in [-0.2, -0.15) is 0 Å². The number of amides is 1. The molecule has 0 aliphatic heterocycles. The van der Waals surface area contributed by atoms with Gasteiger partial charge in [-0.25, -0.2) is 5.48 Å². The van der Waals surface area contributed by atoms with Crippen molar-refractivity contribution in [2.45, 2.75) is 25.7 Å². The van der Waals surface area contributed by atoms with Gasteiger partial charge in [0.1, 0.15) is 5.75 Å². The van der Waals surface area contributed by atoms with Gasteiger partial charge in [-0.15, -0.1) is 0 Å². The molecule has 0 radical (unpaired) electrons. The fourth-order valence-corrected chi connectivity index (χ4v) is 2.07. The Kier molecular flexibility index (Phi) is 5.34. The summed E-state index contributed by atoms with van der Waals surface area (Å²) >= 11 is 0. The first-order valence-electron chi connectivity index (χ1n) is 6.88. The van der Waals surface area contributed by atoms with Crippen LogP contribution in [-0.4, -0.2) is 22.7 Å². The maximum absolute atomic E-state index is 11.4. The van der Waals surface area contributed by atoms with E-state index in [4.69, 9.17) is 9.94 Å². The maximum Gasteiger partial charge on any atom is 0.248 e. The number of hydrogen-bond acceptors (Lipinski definition) is 4. The first-order valence-corrected chi connectivity index (χ1v) is 6.88. The second kappa shape index (κ2) is 7.44. The highest BCUT2D eigenvalue weighted by atomic mass is 16.5. The monoisotopic (exact) mass is 290 g/mol. The number of pyridine rings is 1. The van der Waals surface area contributed by atoms with Crippen LogP contribution >= 0.6 is 0 Å². The van der Waals surface area contributed by atoms with Crippen molar-refractivity contribution < 1.29 is 14.7 Å². The predicted molar refractivity (Wildman–Crippen MR) is 78.5 cm³/mol. The number of nitrogens with one attached hydrogen (secondary N) is 2. The number of aromatic nitrogens is 1. The normalized spacial score (nSPS) is 10.5. The SMILES string of the molecule is O=C(CCCCCOc1cccc2ccc(=O)[nH]c12)NO. The first-order chi connectivity index (χ1) is 10.2. The lowest BCUT2D eigenvalue weighted by Gasteiger charge is -2.08. The molecule has 0 aliphatic rings. The molecule has 0 aliphatic carbocycles. The van der Waals surface area contributed by atoms with Crippen molar-refractivity contribution in [2.75, 3.05) is 6.61 Å². The highest BCUT2D eigenvalue weighted by Crippen LogP contribution is 2.22. The molecule has 0 bridgehead atoms. The molecule has 6 nitrogen and oxygen atoms in total. The molecule has 0 saturated heterocycles. The zero-order valence-corrected chi connectivity index (χ0v) is 11.6. The third-order valence-electron chi connectivity index (χ3n) is 3.15. The molecule has 1 aromatic carbocycles. The molecule has 0 saturated carbocycles. The number of fused-ring (bicyclic) bond motifs is 1. The van der Waals surface area contributed by atoms with E-state index < -0.39 is 0 Å². The molecule has 0 unspecified atom stereocenters. The summed E-state index contributed by atoms with van der Waals surface area (Å²) < 4.78 is 5.69. The average Bonchev–Trinajstić information content (AvgIpc) is 2.50. The quantitative estimate of drug-likeness (QED) is 0.413. The van der Waals surface area contributed by atoms with Crippen LogP contribution in [0.15, 0.2) is 35.1 Å². The summed E-state index contributed by atoms with van der Waals surface area (Å²) in [6, 6.07) is 8.84. The van der Waals surface area contributed by atoms with Crippen LogP contribution in [0.4, 0.5) is 0 Å². The molecular formula is C15H18N2O4. The lowest BCUT2D eigenvalue weighted by molar-refractivity contribution is -0.129. The molecule has 112 valence electrons. The summed E-state index contributed by atoms with van der Waals surface area (Å²) in [6.45, 7) is 0.511. The van der Waals surface area contributed by atoms with Gasteiger partial charge in [0, 0.05) is 17.9 Å². The third kappa shape index (κ3) is 4.32. The first kappa shape index (κ1) is 15.1. The van der Waals surface area contributed by atoms with E-state index >= 15 is 0 Å². The van der Waals surface area contributed by atoms with Crippen LogP contribution in [0.2, 0.25) is 0 Å². The summed E-state index contributed by atoms with van der Waals surface area (Å²) in [4.78, 5) is 25.0. The minimum atomic E-state index is -0.373. The minimum Gasteiger partial charge on any atom is -0.491 e. The van der Waals surface area contributed by atoms with Crippen LogP contribution in [0.3, 0.4) is 0 Å². The smallest absolute Gasteiger partial charge is 0.248 e. The van der Waals surface area contributed by atoms with Crippen molar-refractivity contribution >= 4 is 16.8 Å². The van der Waals surface area contributed by atoms with Crippen molar-refractivity contribution in [3.63, 3.8) is 0 Å². The number of hydroxylamine groups is 1. The van der Waals surface area contributed by atoms with Crippen molar-refractivity contribution in [2.24, 2.45) is 0 Å². The van der Waals surface area contributed by atoms with E-state index in [0.29, 0.717) is 30.7 Å². The number of aromatic amines is 1. The van der Waals surface area contributed by atoms with Crippen LogP contribution in [0.1, 0.15) is 25.7 Å². The average molecular weight is 290 g/mol. The molecule has 0 fully saturated rings. The molecule has 0 atom stereocenters. The number of H-pyrrole nitrogens is 1. The summed E-state index contributed by atoms with van der Waals surface area (Å²) in [7, 11) is 0. The second-order valence-electron chi connectivity index (χ2n) is 4.74. The Bertz CT molecular complexity index is 666. The highest BCUT2D eigenvalue weighted by Gasteiger charge is 2.03. The van der Waals surface area contributed by atoms with Gasteiger partial charge in [-0.3, -0.25) is 14.8 Å². The molecule has 1 heterocycles. The van der Waals surface area contributed by atoms with E-state index in [1.807, 2.05) is 18.2 Å². The molecular weight excluding hydrogens is 272 g/mol. The van der Waals surface area contributed by atoms with Gasteiger partial charge in [0.05, 0.1) is 12.1 Å². The number of carbonyl (C=O) groups is 1. The Morgan fingerprint density at radius 2 is 2.05 bits per heavy atom. The number of unbranched alkanes of at least 4 members (excludes halogenated alkanes) is 2. The van der Waals surface area contributed by atoms with Gasteiger partial charge in [0.15, 0.2) is 0 Å². The summed E-state index contributed by atoms with van der Waals surface area (Å²) in [6.07, 6.45) is 2.63. The van der Waals surface area contributed by atoms with Crippen LogP contribution in [0, 0.1) is 0 Å². The zero-order valence-electron chi connectivity index (χ0n) is 11.6. The summed E-state index contributed by atoms with van der Waals surface area (Å²) in [5, 5.41) is 9.28. The summed E-state index contributed by atoms with van der Waals surface area (Å²) in [5.41, 5.74) is 2.14. The topological polar surface area (TPSA) is 91.4 Å². The lowest BCUT2D eigenvalue weighted by atomic mass is 10.2. The Morgan fingerprint density at radius 1 is 1.19 bits per heavy atom. The van der Waals surface area contributed by atoms with Gasteiger partial charge in [0.2, 0.25) is 11.5 Å². The van der Waals surface area contributed by atoms with Gasteiger partial charge in [-0.05, 0) is 31.4 Å². The van der Waals surface area contributed by atoms with E-state index in [9.17, 15) is 9.59 Å². The minimum absolute atomic E-state index is 0.159. The molecule has 1 aromatic heterocycles. The number of rotatable bonds is 7. The number of para-hydroxylation sites is 1. The molecule has 1 amide bonds. The van der Waals surface area contributed by atoms with Gasteiger partial charge in [0.25, 0.3) is 0 Å². The van der Waals surface area contributed by atoms with E-state index in [1.165, 1.54) is 6.07 Å². The fourth-order valence-electron chi connectivity index (χ4n) is 2.07. The molecule has 3 N–H and O–H groups in total. The molecule has 2 aromatic rings. The van der Waals surface area contributed by atoms with Crippen LogP contribution in [-0.2, 0) is 4.79 Å². The molecule has 6 heteroatoms. The number of benzene rings is 1. The zero-order chi connectivity index (χ0) is 15.1. The van der Waals surface area contributed by atoms with Crippen molar-refractivity contribution in [3.8, 4) is 5.75 Å². The number of hydrogen-bond donors (Lipinski definition) is 3. The van der Waals surface area contributed by atoms with Gasteiger partial charge in [-0.1, -0.05) is 12.1 Å². The van der Waals surface area contributed by atoms with Crippen LogP contribution in [0.5, 0.6) is 5.75 Å². The largest absolute Gasteiger partial charge is 0.491 e. The molecule has 2 rings (SSSR count). The Labute approximate surface area is 121 Å².